The van der Waals surface area contributed by atoms with Gasteiger partial charge in [-0.1, -0.05) is 11.6 Å². The molecular formula is C20H23ClN4O2. The Hall–Kier alpha value is -2.34. The largest absolute Gasteiger partial charge is 0.342 e. The third-order valence-electron chi connectivity index (χ3n) is 5.50. The van der Waals surface area contributed by atoms with E-state index in [4.69, 9.17) is 11.6 Å². The number of nitrogens with zero attached hydrogens (tertiary/aromatic N) is 4. The molecule has 0 radical (unpaired) electrons. The third-order valence-corrected chi connectivity index (χ3v) is 5.75. The van der Waals surface area contributed by atoms with E-state index in [-0.39, 0.29) is 30.1 Å². The Balaban J connectivity index is 1.43. The monoisotopic (exact) mass is 386 g/mol. The van der Waals surface area contributed by atoms with Crippen LogP contribution in [0.4, 0.5) is 5.69 Å². The number of aryl methyl sites for hydroxylation is 1. The van der Waals surface area contributed by atoms with Gasteiger partial charge in [-0.05, 0) is 43.2 Å². The van der Waals surface area contributed by atoms with Crippen molar-refractivity contribution in [2.45, 2.75) is 25.2 Å². The molecule has 2 aliphatic rings. The van der Waals surface area contributed by atoms with Gasteiger partial charge in [-0.15, -0.1) is 0 Å². The number of anilines is 1. The molecule has 7 heteroatoms. The van der Waals surface area contributed by atoms with Crippen molar-refractivity contribution in [3.05, 3.63) is 47.2 Å². The molecule has 2 saturated heterocycles. The molecule has 4 rings (SSSR count). The van der Waals surface area contributed by atoms with E-state index in [1.165, 1.54) is 0 Å². The van der Waals surface area contributed by atoms with Gasteiger partial charge in [0.05, 0.1) is 11.6 Å². The van der Waals surface area contributed by atoms with Gasteiger partial charge < -0.3 is 9.80 Å². The van der Waals surface area contributed by atoms with E-state index in [2.05, 4.69) is 5.10 Å². The Morgan fingerprint density at radius 3 is 2.67 bits per heavy atom. The zero-order chi connectivity index (χ0) is 19.0. The molecule has 0 aliphatic carbocycles. The Bertz CT molecular complexity index is 848. The smallest absolute Gasteiger partial charge is 0.228 e. The van der Waals surface area contributed by atoms with Crippen LogP contribution < -0.4 is 4.90 Å². The molecule has 1 aromatic carbocycles. The molecule has 0 unspecified atom stereocenters. The number of carbonyl (C=O) groups is 2. The van der Waals surface area contributed by atoms with Crippen molar-refractivity contribution in [3.8, 4) is 0 Å². The molecule has 0 saturated carbocycles. The number of rotatable bonds is 3. The van der Waals surface area contributed by atoms with Gasteiger partial charge in [0.15, 0.2) is 0 Å². The maximum atomic E-state index is 13.1. The highest BCUT2D eigenvalue weighted by Crippen LogP contribution is 2.30. The van der Waals surface area contributed by atoms with Crippen LogP contribution in [0.1, 0.15) is 30.9 Å². The number of hydrogen-bond acceptors (Lipinski definition) is 3. The third kappa shape index (κ3) is 3.72. The lowest BCUT2D eigenvalue weighted by Crippen LogP contribution is -2.43. The molecule has 2 atom stereocenters. The van der Waals surface area contributed by atoms with E-state index in [1.807, 2.05) is 36.3 Å². The molecule has 1 aromatic heterocycles. The lowest BCUT2D eigenvalue weighted by atomic mass is 9.93. The summed E-state index contributed by atoms with van der Waals surface area (Å²) in [5.74, 6) is 0.0680. The van der Waals surface area contributed by atoms with Crippen LogP contribution >= 0.6 is 11.6 Å². The van der Waals surface area contributed by atoms with Crippen molar-refractivity contribution in [2.24, 2.45) is 13.0 Å². The van der Waals surface area contributed by atoms with Gasteiger partial charge >= 0.3 is 0 Å². The number of likely N-dealkylation sites (tertiary alicyclic amines) is 1. The molecule has 142 valence electrons. The average Bonchev–Trinajstić information content (AvgIpc) is 3.28. The van der Waals surface area contributed by atoms with Crippen LogP contribution in [0.3, 0.4) is 0 Å². The maximum absolute atomic E-state index is 13.1. The molecule has 0 spiro atoms. The van der Waals surface area contributed by atoms with Crippen molar-refractivity contribution < 1.29 is 9.59 Å². The number of aromatic nitrogens is 2. The Morgan fingerprint density at radius 1 is 1.19 bits per heavy atom. The van der Waals surface area contributed by atoms with E-state index in [0.717, 1.165) is 30.8 Å². The first-order chi connectivity index (χ1) is 13.0. The fourth-order valence-electron chi connectivity index (χ4n) is 4.07. The summed E-state index contributed by atoms with van der Waals surface area (Å²) >= 11 is 5.93. The molecule has 3 heterocycles. The van der Waals surface area contributed by atoms with E-state index >= 15 is 0 Å². The average molecular weight is 387 g/mol. The quantitative estimate of drug-likeness (QED) is 0.815. The lowest BCUT2D eigenvalue weighted by molar-refractivity contribution is -0.137. The van der Waals surface area contributed by atoms with Crippen molar-refractivity contribution in [3.63, 3.8) is 0 Å². The zero-order valence-electron chi connectivity index (χ0n) is 15.3. The minimum atomic E-state index is -0.282. The van der Waals surface area contributed by atoms with Crippen LogP contribution in [0, 0.1) is 5.92 Å². The van der Waals surface area contributed by atoms with Crippen LogP contribution in [-0.2, 0) is 16.6 Å². The second-order valence-corrected chi connectivity index (χ2v) is 7.86. The van der Waals surface area contributed by atoms with Crippen molar-refractivity contribution in [1.82, 2.24) is 14.7 Å². The molecule has 0 bridgehead atoms. The molecule has 2 aliphatic heterocycles. The summed E-state index contributed by atoms with van der Waals surface area (Å²) in [6, 6.07) is 9.21. The van der Waals surface area contributed by atoms with Gasteiger partial charge in [0, 0.05) is 55.9 Å². The number of hydrogen-bond donors (Lipinski definition) is 0. The SMILES string of the molecule is Cn1ccc([C@@H]2CCCN(C(=O)[C@H]3CC(=O)N(c4ccc(Cl)cc4)C3)C2)n1. The molecule has 2 amide bonds. The first-order valence-corrected chi connectivity index (χ1v) is 9.73. The summed E-state index contributed by atoms with van der Waals surface area (Å²) in [6.07, 6.45) is 4.22. The Labute approximate surface area is 163 Å². The molecule has 27 heavy (non-hydrogen) atoms. The van der Waals surface area contributed by atoms with Crippen LogP contribution in [0.2, 0.25) is 5.02 Å². The first kappa shape index (κ1) is 18.0. The fourth-order valence-corrected chi connectivity index (χ4v) is 4.20. The van der Waals surface area contributed by atoms with E-state index < -0.39 is 0 Å². The van der Waals surface area contributed by atoms with E-state index in [1.54, 1.807) is 21.7 Å². The summed E-state index contributed by atoms with van der Waals surface area (Å²) < 4.78 is 1.80. The summed E-state index contributed by atoms with van der Waals surface area (Å²) in [7, 11) is 1.91. The number of halogens is 1. The van der Waals surface area contributed by atoms with E-state index in [0.29, 0.717) is 18.1 Å². The number of benzene rings is 1. The fraction of sp³-hybridized carbons (Fsp3) is 0.450. The molecule has 2 fully saturated rings. The minimum Gasteiger partial charge on any atom is -0.342 e. The summed E-state index contributed by atoms with van der Waals surface area (Å²) in [6.45, 7) is 1.87. The number of carbonyl (C=O) groups excluding carboxylic acids is 2. The van der Waals surface area contributed by atoms with Crippen LogP contribution in [0.25, 0.3) is 0 Å². The highest BCUT2D eigenvalue weighted by atomic mass is 35.5. The normalized spacial score (nSPS) is 23.1. The van der Waals surface area contributed by atoms with Gasteiger partial charge in [0.1, 0.15) is 0 Å². The standard InChI is InChI=1S/C20H23ClN4O2/c1-23-10-8-18(22-23)14-3-2-9-24(12-14)20(27)15-11-19(26)25(13-15)17-6-4-16(21)5-7-17/h4-8,10,14-15H,2-3,9,11-13H2,1H3/t14-,15+/m1/s1. The Kier molecular flexibility index (Phi) is 4.91. The second kappa shape index (κ2) is 7.35. The predicted molar refractivity (Wildman–Crippen MR) is 104 cm³/mol. The highest BCUT2D eigenvalue weighted by Gasteiger charge is 2.38. The first-order valence-electron chi connectivity index (χ1n) is 9.35. The van der Waals surface area contributed by atoms with Crippen molar-refractivity contribution in [1.29, 1.82) is 0 Å². The summed E-state index contributed by atoms with van der Waals surface area (Å²) in [5.41, 5.74) is 1.84. The molecule has 6 nitrogen and oxygen atoms in total. The van der Waals surface area contributed by atoms with Gasteiger partial charge in [0.25, 0.3) is 0 Å². The molecule has 2 aromatic rings. The molecule has 0 N–H and O–H groups in total. The number of amides is 2. The van der Waals surface area contributed by atoms with Crippen LogP contribution in [0.15, 0.2) is 36.5 Å². The summed E-state index contributed by atoms with van der Waals surface area (Å²) in [4.78, 5) is 29.1. The van der Waals surface area contributed by atoms with Gasteiger partial charge in [-0.2, -0.15) is 5.10 Å². The van der Waals surface area contributed by atoms with Gasteiger partial charge in [-0.3, -0.25) is 14.3 Å². The van der Waals surface area contributed by atoms with Crippen molar-refractivity contribution in [2.75, 3.05) is 24.5 Å². The number of piperidine rings is 1. The summed E-state index contributed by atoms with van der Waals surface area (Å²) in [5, 5.41) is 5.13. The predicted octanol–water partition coefficient (Wildman–Crippen LogP) is 2.83. The topological polar surface area (TPSA) is 58.4 Å². The zero-order valence-corrected chi connectivity index (χ0v) is 16.1. The Morgan fingerprint density at radius 2 is 1.96 bits per heavy atom. The van der Waals surface area contributed by atoms with Crippen LogP contribution in [0.5, 0.6) is 0 Å². The maximum Gasteiger partial charge on any atom is 0.228 e. The molecular weight excluding hydrogens is 364 g/mol. The van der Waals surface area contributed by atoms with E-state index in [9.17, 15) is 9.59 Å². The lowest BCUT2D eigenvalue weighted by Gasteiger charge is -2.33. The van der Waals surface area contributed by atoms with Gasteiger partial charge in [-0.25, -0.2) is 0 Å². The highest BCUT2D eigenvalue weighted by molar-refractivity contribution is 6.30. The van der Waals surface area contributed by atoms with Crippen LogP contribution in [-0.4, -0.2) is 46.1 Å². The van der Waals surface area contributed by atoms with Crippen molar-refractivity contribution >= 4 is 29.1 Å². The minimum absolute atomic E-state index is 0.00559. The second-order valence-electron chi connectivity index (χ2n) is 7.42. The van der Waals surface area contributed by atoms with Gasteiger partial charge in [0.2, 0.25) is 11.8 Å².